The lowest BCUT2D eigenvalue weighted by atomic mass is 10.0. The van der Waals surface area contributed by atoms with Crippen molar-refractivity contribution in [2.75, 3.05) is 22.5 Å². The van der Waals surface area contributed by atoms with E-state index in [1.54, 1.807) is 6.92 Å². The number of nitrogens with zero attached hydrogens (tertiary/aromatic N) is 1. The van der Waals surface area contributed by atoms with Gasteiger partial charge in [0.2, 0.25) is 10.0 Å². The molecule has 1 aromatic heterocycles. The van der Waals surface area contributed by atoms with Crippen molar-refractivity contribution in [2.45, 2.75) is 24.7 Å². The molecule has 0 saturated heterocycles. The molecule has 0 amide bonds. The van der Waals surface area contributed by atoms with Crippen LogP contribution in [0, 0.1) is 11.6 Å². The Balaban J connectivity index is 2.40. The fourth-order valence-corrected chi connectivity index (χ4v) is 4.47. The Labute approximate surface area is 167 Å². The quantitative estimate of drug-likeness (QED) is 0.590. The second kappa shape index (κ2) is 8.41. The van der Waals surface area contributed by atoms with E-state index in [-0.39, 0.29) is 28.5 Å². The van der Waals surface area contributed by atoms with Gasteiger partial charge in [0.05, 0.1) is 17.0 Å². The van der Waals surface area contributed by atoms with Gasteiger partial charge in [-0.2, -0.15) is 0 Å². The summed E-state index contributed by atoms with van der Waals surface area (Å²) in [5.41, 5.74) is 4.07. The molecule has 12 heteroatoms. The monoisotopic (exact) mass is 447 g/mol. The molecular formula is C17H19F2N3O5S2. The maximum atomic E-state index is 14.7. The molecule has 0 atom stereocenters. The summed E-state index contributed by atoms with van der Waals surface area (Å²) in [5, 5.41) is 0. The summed E-state index contributed by atoms with van der Waals surface area (Å²) in [6.45, 7) is 1.61. The lowest BCUT2D eigenvalue weighted by Gasteiger charge is -2.12. The van der Waals surface area contributed by atoms with Crippen LogP contribution in [-0.2, 0) is 26.3 Å². The number of sulfonamides is 1. The average Bonchev–Trinajstić information content (AvgIpc) is 2.58. The highest BCUT2D eigenvalue weighted by Crippen LogP contribution is 2.25. The molecule has 0 radical (unpaired) electrons. The third-order valence-electron chi connectivity index (χ3n) is 3.81. The number of rotatable bonds is 8. The van der Waals surface area contributed by atoms with Crippen molar-refractivity contribution < 1.29 is 30.4 Å². The second-order valence-corrected chi connectivity index (χ2v) is 10.1. The van der Waals surface area contributed by atoms with Crippen molar-refractivity contribution in [1.29, 1.82) is 0 Å². The number of Topliss-reactive ketones (excluding diaryl/α,β-unsaturated/α-hetero) is 1. The fraction of sp³-hybridized carbons (Fsp3) is 0.294. The van der Waals surface area contributed by atoms with Crippen LogP contribution in [0.3, 0.4) is 0 Å². The van der Waals surface area contributed by atoms with Gasteiger partial charge < -0.3 is 5.73 Å². The Morgan fingerprint density at radius 3 is 2.45 bits per heavy atom. The smallest absolute Gasteiger partial charge is 0.232 e. The van der Waals surface area contributed by atoms with Crippen LogP contribution >= 0.6 is 0 Å². The summed E-state index contributed by atoms with van der Waals surface area (Å²) in [6.07, 6.45) is 1.72. The standard InChI is InChI=1S/C17H19F2N3O5S2/c1-3-6-29(26,27)22-12-5-4-11(18)15(16(12)19)13(23)7-10-8-14(28(2,24)25)17(20)21-9-10/h4-5,8-9,22H,3,6-7H2,1-2H3,(H2,20,21). The molecule has 0 saturated carbocycles. The molecule has 158 valence electrons. The van der Waals surface area contributed by atoms with Crippen molar-refractivity contribution in [1.82, 2.24) is 4.98 Å². The molecule has 3 N–H and O–H groups in total. The van der Waals surface area contributed by atoms with Gasteiger partial charge in [0.1, 0.15) is 16.5 Å². The van der Waals surface area contributed by atoms with Crippen molar-refractivity contribution in [3.8, 4) is 0 Å². The van der Waals surface area contributed by atoms with Gasteiger partial charge in [-0.05, 0) is 30.2 Å². The van der Waals surface area contributed by atoms with Crippen LogP contribution in [0.1, 0.15) is 29.3 Å². The molecule has 1 heterocycles. The normalized spacial score (nSPS) is 12.0. The van der Waals surface area contributed by atoms with Gasteiger partial charge in [-0.15, -0.1) is 0 Å². The van der Waals surface area contributed by atoms with E-state index >= 15 is 0 Å². The maximum absolute atomic E-state index is 14.7. The number of nitrogens with two attached hydrogens (primary N) is 1. The first-order chi connectivity index (χ1) is 13.4. The second-order valence-electron chi connectivity index (χ2n) is 6.30. The minimum absolute atomic E-state index is 0.0698. The highest BCUT2D eigenvalue weighted by molar-refractivity contribution is 7.92. The van der Waals surface area contributed by atoms with Gasteiger partial charge in [-0.25, -0.2) is 30.6 Å². The predicted octanol–water partition coefficient (Wildman–Crippen LogP) is 1.92. The molecule has 8 nitrogen and oxygen atoms in total. The number of sulfone groups is 1. The lowest BCUT2D eigenvalue weighted by molar-refractivity contribution is 0.0984. The summed E-state index contributed by atoms with van der Waals surface area (Å²) in [5.74, 6) is -4.12. The third-order valence-corrected chi connectivity index (χ3v) is 6.41. The molecule has 0 aliphatic carbocycles. The van der Waals surface area contributed by atoms with Crippen LogP contribution in [0.5, 0.6) is 0 Å². The minimum atomic E-state index is -3.86. The van der Waals surface area contributed by atoms with Crippen LogP contribution in [0.4, 0.5) is 20.3 Å². The molecule has 0 spiro atoms. The number of nitrogens with one attached hydrogen (secondary N) is 1. The van der Waals surface area contributed by atoms with Crippen LogP contribution in [0.25, 0.3) is 0 Å². The van der Waals surface area contributed by atoms with E-state index in [1.165, 1.54) is 0 Å². The first-order valence-corrected chi connectivity index (χ1v) is 11.9. The summed E-state index contributed by atoms with van der Waals surface area (Å²) >= 11 is 0. The number of ketones is 1. The van der Waals surface area contributed by atoms with E-state index in [4.69, 9.17) is 5.73 Å². The largest absolute Gasteiger partial charge is 0.383 e. The molecular weight excluding hydrogens is 428 g/mol. The lowest BCUT2D eigenvalue weighted by Crippen LogP contribution is -2.19. The minimum Gasteiger partial charge on any atom is -0.383 e. The third kappa shape index (κ3) is 5.48. The molecule has 0 aliphatic heterocycles. The van der Waals surface area contributed by atoms with Gasteiger partial charge in [0.15, 0.2) is 21.4 Å². The SMILES string of the molecule is CCCS(=O)(=O)Nc1ccc(F)c(C(=O)Cc2cnc(N)c(S(C)(=O)=O)c2)c1F. The number of carbonyl (C=O) groups excluding carboxylic acids is 1. The number of halogens is 2. The Morgan fingerprint density at radius 2 is 1.86 bits per heavy atom. The average molecular weight is 447 g/mol. The van der Waals surface area contributed by atoms with E-state index in [1.807, 2.05) is 4.72 Å². The Hall–Kier alpha value is -2.60. The van der Waals surface area contributed by atoms with E-state index in [2.05, 4.69) is 4.98 Å². The van der Waals surface area contributed by atoms with Gasteiger partial charge in [-0.3, -0.25) is 9.52 Å². The summed E-state index contributed by atoms with van der Waals surface area (Å²) in [7, 11) is -7.59. The topological polar surface area (TPSA) is 136 Å². The Morgan fingerprint density at radius 1 is 1.21 bits per heavy atom. The number of hydrogen-bond donors (Lipinski definition) is 2. The van der Waals surface area contributed by atoms with Crippen molar-refractivity contribution in [3.63, 3.8) is 0 Å². The van der Waals surface area contributed by atoms with Crippen LogP contribution in [0.15, 0.2) is 29.3 Å². The zero-order valence-electron chi connectivity index (χ0n) is 15.6. The maximum Gasteiger partial charge on any atom is 0.232 e. The summed E-state index contributed by atoms with van der Waals surface area (Å²) in [4.78, 5) is 15.9. The summed E-state index contributed by atoms with van der Waals surface area (Å²) in [6, 6.07) is 2.74. The zero-order valence-corrected chi connectivity index (χ0v) is 17.2. The molecule has 0 fully saturated rings. The van der Waals surface area contributed by atoms with E-state index < -0.39 is 54.9 Å². The zero-order chi connectivity index (χ0) is 22.0. The molecule has 0 bridgehead atoms. The highest BCUT2D eigenvalue weighted by Gasteiger charge is 2.24. The predicted molar refractivity (Wildman–Crippen MR) is 104 cm³/mol. The number of nitrogen functional groups attached to an aromatic ring is 1. The number of anilines is 2. The highest BCUT2D eigenvalue weighted by atomic mass is 32.2. The van der Waals surface area contributed by atoms with Crippen LogP contribution in [0.2, 0.25) is 0 Å². The van der Waals surface area contributed by atoms with Gasteiger partial charge in [0, 0.05) is 18.9 Å². The summed E-state index contributed by atoms with van der Waals surface area (Å²) < 4.78 is 77.9. The number of benzene rings is 1. The van der Waals surface area contributed by atoms with E-state index in [0.717, 1.165) is 30.7 Å². The Bertz CT molecular complexity index is 1170. The van der Waals surface area contributed by atoms with Gasteiger partial charge >= 0.3 is 0 Å². The molecule has 0 unspecified atom stereocenters. The molecule has 29 heavy (non-hydrogen) atoms. The molecule has 2 aromatic rings. The number of carbonyl (C=O) groups is 1. The first kappa shape index (κ1) is 22.7. The fourth-order valence-electron chi connectivity index (χ4n) is 2.54. The van der Waals surface area contributed by atoms with Crippen molar-refractivity contribution in [2.24, 2.45) is 0 Å². The molecule has 0 aliphatic rings. The Kier molecular flexibility index (Phi) is 6.58. The molecule has 2 rings (SSSR count). The number of aromatic nitrogens is 1. The van der Waals surface area contributed by atoms with E-state index in [9.17, 15) is 30.4 Å². The van der Waals surface area contributed by atoms with Gasteiger partial charge in [-0.1, -0.05) is 6.92 Å². The van der Waals surface area contributed by atoms with Crippen LogP contribution < -0.4 is 10.5 Å². The van der Waals surface area contributed by atoms with Crippen molar-refractivity contribution in [3.05, 3.63) is 47.2 Å². The number of hydrogen-bond acceptors (Lipinski definition) is 7. The molecule has 1 aromatic carbocycles. The van der Waals surface area contributed by atoms with Gasteiger partial charge in [0.25, 0.3) is 0 Å². The van der Waals surface area contributed by atoms with E-state index in [0.29, 0.717) is 0 Å². The first-order valence-electron chi connectivity index (χ1n) is 8.32. The van der Waals surface area contributed by atoms with Crippen LogP contribution in [-0.4, -0.2) is 39.6 Å². The van der Waals surface area contributed by atoms with Crippen molar-refractivity contribution >= 4 is 37.1 Å². The number of pyridine rings is 1.